The van der Waals surface area contributed by atoms with Crippen LogP contribution in [0.5, 0.6) is 0 Å². The van der Waals surface area contributed by atoms with E-state index in [2.05, 4.69) is 20.3 Å². The molecule has 2 aromatic heterocycles. The van der Waals surface area contributed by atoms with Gasteiger partial charge in [-0.15, -0.1) is 0 Å². The summed E-state index contributed by atoms with van der Waals surface area (Å²) in [5.74, 6) is -1.10. The molecule has 2 saturated heterocycles. The number of anilines is 1. The van der Waals surface area contributed by atoms with Gasteiger partial charge in [-0.2, -0.15) is 8.42 Å². The highest BCUT2D eigenvalue weighted by Gasteiger charge is 2.52. The van der Waals surface area contributed by atoms with Crippen LogP contribution in [0.2, 0.25) is 0 Å². The van der Waals surface area contributed by atoms with Crippen LogP contribution in [-0.2, 0) is 38.1 Å². The number of benzene rings is 1. The normalized spacial score (nSPS) is 20.3. The summed E-state index contributed by atoms with van der Waals surface area (Å²) in [5, 5.41) is 2.57. The molecule has 0 bridgehead atoms. The summed E-state index contributed by atoms with van der Waals surface area (Å²) >= 11 is 0. The van der Waals surface area contributed by atoms with Crippen LogP contribution in [0.25, 0.3) is 11.2 Å². The first kappa shape index (κ1) is 36.3. The van der Waals surface area contributed by atoms with Crippen LogP contribution in [-0.4, -0.2) is 82.4 Å². The molecule has 3 aromatic rings. The quantitative estimate of drug-likeness (QED) is 0.219. The van der Waals surface area contributed by atoms with E-state index in [-0.39, 0.29) is 31.0 Å². The van der Waals surface area contributed by atoms with Crippen LogP contribution in [0.15, 0.2) is 36.9 Å². The van der Waals surface area contributed by atoms with Crippen LogP contribution in [0.3, 0.4) is 0 Å². The summed E-state index contributed by atoms with van der Waals surface area (Å²) in [6.45, 7) is 12.5. The number of amides is 2. The molecule has 2 aliphatic heterocycles. The molecule has 2 atom stereocenters. The van der Waals surface area contributed by atoms with Crippen LogP contribution in [0, 0.1) is 0 Å². The third kappa shape index (κ3) is 8.61. The minimum atomic E-state index is -4.49. The molecule has 264 valence electrons. The molecule has 0 aliphatic carbocycles. The monoisotopic (exact) mass is 700 g/mol. The predicted octanol–water partition coefficient (Wildman–Crippen LogP) is 3.19. The van der Waals surface area contributed by atoms with Crippen molar-refractivity contribution in [1.82, 2.24) is 24.2 Å². The van der Waals surface area contributed by atoms with Crippen molar-refractivity contribution in [3.05, 3.63) is 42.5 Å². The Hall–Kier alpha value is -3.97. The van der Waals surface area contributed by atoms with Crippen molar-refractivity contribution in [3.63, 3.8) is 0 Å². The Labute approximate surface area is 285 Å². The fraction of sp³-hybridized carbons (Fsp3) is 0.548. The van der Waals surface area contributed by atoms with Crippen molar-refractivity contribution in [2.45, 2.75) is 103 Å². The summed E-state index contributed by atoms with van der Waals surface area (Å²) < 4.78 is 57.1. The van der Waals surface area contributed by atoms with Gasteiger partial charge in [0.2, 0.25) is 5.91 Å². The maximum Gasteiger partial charge on any atom is 0.495 e. The van der Waals surface area contributed by atoms with Crippen LogP contribution < -0.4 is 15.5 Å². The van der Waals surface area contributed by atoms with E-state index in [1.165, 1.54) is 12.7 Å². The Morgan fingerprint density at radius 2 is 1.71 bits per heavy atom. The number of aromatic nitrogens is 4. The molecular weight excluding hydrogens is 659 g/mol. The second-order valence-corrected chi connectivity index (χ2v) is 15.2. The largest absolute Gasteiger partial charge is 0.495 e. The second-order valence-electron chi connectivity index (χ2n) is 13.8. The fourth-order valence-corrected chi connectivity index (χ4v) is 6.01. The molecule has 2 aliphatic rings. The highest BCUT2D eigenvalue weighted by molar-refractivity contribution is 7.85. The molecule has 2 unspecified atom stereocenters. The summed E-state index contributed by atoms with van der Waals surface area (Å²) in [5.41, 5.74) is -0.357. The van der Waals surface area contributed by atoms with E-state index in [1.54, 1.807) is 49.6 Å². The fourth-order valence-electron chi connectivity index (χ4n) is 5.24. The van der Waals surface area contributed by atoms with Crippen LogP contribution >= 0.6 is 0 Å². The van der Waals surface area contributed by atoms with Gasteiger partial charge in [-0.25, -0.2) is 24.5 Å². The minimum Gasteiger partial charge on any atom is -0.444 e. The van der Waals surface area contributed by atoms with E-state index in [4.69, 9.17) is 23.0 Å². The van der Waals surface area contributed by atoms with Crippen molar-refractivity contribution in [2.75, 3.05) is 11.9 Å². The van der Waals surface area contributed by atoms with Gasteiger partial charge in [-0.3, -0.25) is 23.7 Å². The summed E-state index contributed by atoms with van der Waals surface area (Å²) in [4.78, 5) is 50.6. The number of ether oxygens (including phenoxy) is 2. The summed E-state index contributed by atoms with van der Waals surface area (Å²) in [6, 6.07) is 6.81. The molecule has 0 radical (unpaired) electrons. The Bertz CT molecular complexity index is 1830. The lowest BCUT2D eigenvalue weighted by Crippen LogP contribution is -2.41. The number of rotatable bonds is 11. The zero-order valence-corrected chi connectivity index (χ0v) is 29.3. The molecule has 49 heavy (non-hydrogen) atoms. The zero-order valence-electron chi connectivity index (χ0n) is 28.5. The van der Waals surface area contributed by atoms with Gasteiger partial charge in [0.15, 0.2) is 22.8 Å². The number of nitrogens with one attached hydrogen (secondary N) is 2. The number of Topliss-reactive ketones (excluding diaryl/α,β-unsaturated/α-hetero) is 1. The van der Waals surface area contributed by atoms with Crippen molar-refractivity contribution in [1.29, 1.82) is 0 Å². The standard InChI is InChI=1S/C31H41BN6O10S/c1-29(2,3)46-28(41)36-26-25-27(34-17-33-26)38(18-35-25)24-15-12-19(45-24)16-44-49(42,43)37-23(40)14-13-22(39)20-10-8-9-11-21(20)32-47-30(4,5)31(6,7)48-32/h8-11,17-19,24H,12-16H2,1-7H3,(H,37,40)(H,33,34,36,41). The molecule has 2 fully saturated rings. The molecule has 18 heteroatoms. The van der Waals surface area contributed by atoms with E-state index in [0.717, 1.165) is 0 Å². The van der Waals surface area contributed by atoms with E-state index in [9.17, 15) is 22.8 Å². The van der Waals surface area contributed by atoms with Crippen molar-refractivity contribution in [3.8, 4) is 0 Å². The SMILES string of the molecule is CC(C)(C)OC(=O)Nc1ncnc2c1ncn2C1CCC(COS(=O)(=O)NC(=O)CCC(=O)c2ccccc2B2OC(C)(C)C(C)(C)O2)O1. The molecule has 4 heterocycles. The molecule has 2 N–H and O–H groups in total. The lowest BCUT2D eigenvalue weighted by atomic mass is 9.74. The first-order chi connectivity index (χ1) is 22.8. The Morgan fingerprint density at radius 3 is 2.41 bits per heavy atom. The summed E-state index contributed by atoms with van der Waals surface area (Å²) in [6.07, 6.45) is 1.18. The third-order valence-corrected chi connectivity index (χ3v) is 9.29. The van der Waals surface area contributed by atoms with E-state index >= 15 is 0 Å². The highest BCUT2D eigenvalue weighted by atomic mass is 32.2. The van der Waals surface area contributed by atoms with Gasteiger partial charge in [-0.1, -0.05) is 24.3 Å². The van der Waals surface area contributed by atoms with Crippen LogP contribution in [0.4, 0.5) is 10.6 Å². The van der Waals surface area contributed by atoms with Gasteiger partial charge in [0, 0.05) is 18.4 Å². The number of imidazole rings is 1. The smallest absolute Gasteiger partial charge is 0.444 e. The van der Waals surface area contributed by atoms with Crippen molar-refractivity contribution < 1.29 is 45.8 Å². The Kier molecular flexibility index (Phi) is 10.2. The molecule has 5 rings (SSSR count). The number of nitrogens with zero attached hydrogens (tertiary/aromatic N) is 4. The third-order valence-electron chi connectivity index (χ3n) is 8.37. The van der Waals surface area contributed by atoms with Gasteiger partial charge in [0.25, 0.3) is 0 Å². The first-order valence-electron chi connectivity index (χ1n) is 15.8. The lowest BCUT2D eigenvalue weighted by Gasteiger charge is -2.32. The average Bonchev–Trinajstić information content (AvgIpc) is 3.69. The number of hydrogen-bond donors (Lipinski definition) is 2. The molecule has 2 amide bonds. The number of ketones is 1. The zero-order chi connectivity index (χ0) is 35.8. The molecule has 1 aromatic carbocycles. The average molecular weight is 701 g/mol. The Balaban J connectivity index is 1.11. The van der Waals surface area contributed by atoms with Crippen LogP contribution in [0.1, 0.15) is 90.7 Å². The van der Waals surface area contributed by atoms with E-state index in [0.29, 0.717) is 35.0 Å². The maximum absolute atomic E-state index is 13.1. The van der Waals surface area contributed by atoms with Crippen molar-refractivity contribution >= 4 is 57.7 Å². The van der Waals surface area contributed by atoms with Crippen molar-refractivity contribution in [2.24, 2.45) is 0 Å². The second kappa shape index (κ2) is 13.7. The molecule has 0 spiro atoms. The highest BCUT2D eigenvalue weighted by Crippen LogP contribution is 2.37. The topological polar surface area (TPSA) is 199 Å². The maximum atomic E-state index is 13.1. The Morgan fingerprint density at radius 1 is 1.02 bits per heavy atom. The number of fused-ring (bicyclic) bond motifs is 1. The van der Waals surface area contributed by atoms with Gasteiger partial charge in [0.05, 0.1) is 30.2 Å². The van der Waals surface area contributed by atoms with Gasteiger partial charge in [-0.05, 0) is 66.8 Å². The molecule has 16 nitrogen and oxygen atoms in total. The summed E-state index contributed by atoms with van der Waals surface area (Å²) in [7, 11) is -5.26. The van der Waals surface area contributed by atoms with Gasteiger partial charge >= 0.3 is 23.5 Å². The lowest BCUT2D eigenvalue weighted by molar-refractivity contribution is -0.119. The number of carbonyl (C=O) groups is 3. The van der Waals surface area contributed by atoms with Gasteiger partial charge < -0.3 is 18.8 Å². The van der Waals surface area contributed by atoms with E-state index < -0.39 is 58.6 Å². The molecule has 0 saturated carbocycles. The van der Waals surface area contributed by atoms with E-state index in [1.807, 2.05) is 32.4 Å². The van der Waals surface area contributed by atoms with Gasteiger partial charge in [0.1, 0.15) is 18.2 Å². The minimum absolute atomic E-state index is 0.161. The number of hydrogen-bond acceptors (Lipinski definition) is 13. The number of carbonyl (C=O) groups excluding carboxylic acids is 3. The predicted molar refractivity (Wildman–Crippen MR) is 177 cm³/mol. The molecular formula is C31H41BN6O10S. The first-order valence-corrected chi connectivity index (χ1v) is 17.3.